The van der Waals surface area contributed by atoms with E-state index in [-0.39, 0.29) is 11.9 Å². The molecule has 5 heteroatoms. The van der Waals surface area contributed by atoms with Gasteiger partial charge in [0.15, 0.2) is 0 Å². The average Bonchev–Trinajstić information content (AvgIpc) is 2.04. The molecular weight excluding hydrogens is 246 g/mol. The highest BCUT2D eigenvalue weighted by atomic mass is 35.6. The van der Waals surface area contributed by atoms with E-state index in [9.17, 15) is 4.79 Å². The summed E-state index contributed by atoms with van der Waals surface area (Å²) in [4.78, 5) is 11.5. The maximum atomic E-state index is 11.5. The SMILES string of the molecule is CCC(CC)C(=O)OC(C)C(Cl)(Cl)Cl. The van der Waals surface area contributed by atoms with E-state index in [4.69, 9.17) is 39.5 Å². The van der Waals surface area contributed by atoms with Gasteiger partial charge in [-0.05, 0) is 19.8 Å². The van der Waals surface area contributed by atoms with Crippen LogP contribution in [0.1, 0.15) is 33.6 Å². The molecule has 0 aromatic heterocycles. The molecule has 0 rings (SSSR count). The van der Waals surface area contributed by atoms with E-state index in [1.54, 1.807) is 6.92 Å². The quantitative estimate of drug-likeness (QED) is 0.569. The van der Waals surface area contributed by atoms with Crippen molar-refractivity contribution < 1.29 is 9.53 Å². The number of carbonyl (C=O) groups excluding carboxylic acids is 1. The third-order valence-electron chi connectivity index (χ3n) is 2.07. The molecule has 84 valence electrons. The molecule has 0 N–H and O–H groups in total. The van der Waals surface area contributed by atoms with Gasteiger partial charge in [-0.25, -0.2) is 0 Å². The van der Waals surface area contributed by atoms with Gasteiger partial charge < -0.3 is 4.74 Å². The van der Waals surface area contributed by atoms with Gasteiger partial charge in [-0.3, -0.25) is 4.79 Å². The number of halogens is 3. The second-order valence-electron chi connectivity index (χ2n) is 3.13. The number of esters is 1. The van der Waals surface area contributed by atoms with Crippen molar-refractivity contribution in [2.24, 2.45) is 5.92 Å². The summed E-state index contributed by atoms with van der Waals surface area (Å²) in [6.45, 7) is 5.41. The van der Waals surface area contributed by atoms with E-state index in [2.05, 4.69) is 0 Å². The Labute approximate surface area is 99.8 Å². The predicted octanol–water partition coefficient (Wildman–Crippen LogP) is 3.72. The van der Waals surface area contributed by atoms with Crippen molar-refractivity contribution >= 4 is 40.8 Å². The van der Waals surface area contributed by atoms with Gasteiger partial charge in [0.1, 0.15) is 6.10 Å². The normalized spacial score (nSPS) is 14.2. The molecule has 0 saturated heterocycles. The second kappa shape index (κ2) is 6.04. The van der Waals surface area contributed by atoms with Crippen LogP contribution in [0.2, 0.25) is 0 Å². The summed E-state index contributed by atoms with van der Waals surface area (Å²) in [7, 11) is 0. The first-order valence-electron chi connectivity index (χ1n) is 4.60. The molecule has 1 atom stereocenters. The van der Waals surface area contributed by atoms with Crippen LogP contribution >= 0.6 is 34.8 Å². The van der Waals surface area contributed by atoms with Crippen molar-refractivity contribution in [3.05, 3.63) is 0 Å². The molecule has 0 heterocycles. The smallest absolute Gasteiger partial charge is 0.309 e. The van der Waals surface area contributed by atoms with Gasteiger partial charge in [0, 0.05) is 0 Å². The number of ether oxygens (including phenoxy) is 1. The van der Waals surface area contributed by atoms with Crippen LogP contribution < -0.4 is 0 Å². The van der Waals surface area contributed by atoms with Crippen molar-refractivity contribution in [1.82, 2.24) is 0 Å². The predicted molar refractivity (Wildman–Crippen MR) is 59.9 cm³/mol. The van der Waals surface area contributed by atoms with Crippen molar-refractivity contribution in [1.29, 1.82) is 0 Å². The van der Waals surface area contributed by atoms with Crippen LogP contribution in [-0.2, 0) is 9.53 Å². The summed E-state index contributed by atoms with van der Waals surface area (Å²) in [6.07, 6.45) is 0.754. The molecular formula is C9H15Cl3O2. The molecule has 0 saturated carbocycles. The zero-order valence-corrected chi connectivity index (χ0v) is 10.8. The Morgan fingerprint density at radius 3 is 2.00 bits per heavy atom. The molecule has 1 unspecified atom stereocenters. The maximum Gasteiger partial charge on any atom is 0.309 e. The lowest BCUT2D eigenvalue weighted by Gasteiger charge is -2.22. The van der Waals surface area contributed by atoms with Crippen molar-refractivity contribution in [2.75, 3.05) is 0 Å². The van der Waals surface area contributed by atoms with Crippen LogP contribution in [0.15, 0.2) is 0 Å². The summed E-state index contributed by atoms with van der Waals surface area (Å²) in [5.74, 6) is -0.404. The van der Waals surface area contributed by atoms with Crippen LogP contribution in [0.25, 0.3) is 0 Å². The third-order valence-corrected chi connectivity index (χ3v) is 2.99. The van der Waals surface area contributed by atoms with Crippen molar-refractivity contribution in [2.45, 2.75) is 43.5 Å². The van der Waals surface area contributed by atoms with Crippen LogP contribution in [0.4, 0.5) is 0 Å². The molecule has 0 bridgehead atoms. The van der Waals surface area contributed by atoms with Crippen LogP contribution in [0.3, 0.4) is 0 Å². The first-order chi connectivity index (χ1) is 6.32. The Balaban J connectivity index is 4.18. The number of carbonyl (C=O) groups is 1. The Morgan fingerprint density at radius 2 is 1.71 bits per heavy atom. The van der Waals surface area contributed by atoms with E-state index in [0.717, 1.165) is 12.8 Å². The third kappa shape index (κ3) is 4.72. The Hall–Kier alpha value is 0.340. The zero-order chi connectivity index (χ0) is 11.4. The summed E-state index contributed by atoms with van der Waals surface area (Å²) in [6, 6.07) is 0. The van der Waals surface area contributed by atoms with Gasteiger partial charge in [-0.1, -0.05) is 48.7 Å². The van der Waals surface area contributed by atoms with Gasteiger partial charge in [-0.2, -0.15) is 0 Å². The lowest BCUT2D eigenvalue weighted by Crippen LogP contribution is -2.30. The highest BCUT2D eigenvalue weighted by Crippen LogP contribution is 2.32. The van der Waals surface area contributed by atoms with Crippen LogP contribution in [0.5, 0.6) is 0 Å². The molecule has 14 heavy (non-hydrogen) atoms. The minimum absolute atomic E-state index is 0.107. The van der Waals surface area contributed by atoms with Gasteiger partial charge in [0.05, 0.1) is 5.92 Å². The molecule has 0 amide bonds. The number of hydrogen-bond acceptors (Lipinski definition) is 2. The second-order valence-corrected chi connectivity index (χ2v) is 5.50. The maximum absolute atomic E-state index is 11.5. The van der Waals surface area contributed by atoms with Gasteiger partial charge >= 0.3 is 5.97 Å². The number of alkyl halides is 3. The van der Waals surface area contributed by atoms with E-state index < -0.39 is 9.90 Å². The Bertz CT molecular complexity index is 185. The van der Waals surface area contributed by atoms with E-state index in [1.165, 1.54) is 0 Å². The summed E-state index contributed by atoms with van der Waals surface area (Å²) in [5, 5.41) is 0. The number of rotatable bonds is 4. The fourth-order valence-corrected chi connectivity index (χ4v) is 1.09. The Kier molecular flexibility index (Phi) is 6.19. The Morgan fingerprint density at radius 1 is 1.29 bits per heavy atom. The topological polar surface area (TPSA) is 26.3 Å². The van der Waals surface area contributed by atoms with Crippen LogP contribution in [0, 0.1) is 5.92 Å². The van der Waals surface area contributed by atoms with E-state index in [0.29, 0.717) is 0 Å². The fourth-order valence-electron chi connectivity index (χ4n) is 0.959. The molecule has 0 radical (unpaired) electrons. The minimum atomic E-state index is -1.55. The standard InChI is InChI=1S/C9H15Cl3O2/c1-4-7(5-2)8(13)14-6(3)9(10,11)12/h6-7H,4-5H2,1-3H3. The summed E-state index contributed by atoms with van der Waals surface area (Å²) in [5.41, 5.74) is 0. The van der Waals surface area contributed by atoms with E-state index in [1.807, 2.05) is 13.8 Å². The van der Waals surface area contributed by atoms with Gasteiger partial charge in [-0.15, -0.1) is 0 Å². The molecule has 0 aromatic carbocycles. The molecule has 0 spiro atoms. The summed E-state index contributed by atoms with van der Waals surface area (Å²) < 4.78 is 3.47. The van der Waals surface area contributed by atoms with Crippen molar-refractivity contribution in [3.8, 4) is 0 Å². The van der Waals surface area contributed by atoms with Gasteiger partial charge in [0.25, 0.3) is 0 Å². The number of hydrogen-bond donors (Lipinski definition) is 0. The first-order valence-corrected chi connectivity index (χ1v) is 5.73. The van der Waals surface area contributed by atoms with Crippen molar-refractivity contribution in [3.63, 3.8) is 0 Å². The molecule has 0 fully saturated rings. The lowest BCUT2D eigenvalue weighted by atomic mass is 10.0. The lowest BCUT2D eigenvalue weighted by molar-refractivity contribution is -0.153. The molecule has 0 aliphatic carbocycles. The minimum Gasteiger partial charge on any atom is -0.458 e. The largest absolute Gasteiger partial charge is 0.458 e. The summed E-state index contributed by atoms with van der Waals surface area (Å²) >= 11 is 16.7. The van der Waals surface area contributed by atoms with Crippen LogP contribution in [-0.4, -0.2) is 15.9 Å². The fraction of sp³-hybridized carbons (Fsp3) is 0.889. The highest BCUT2D eigenvalue weighted by Gasteiger charge is 2.33. The molecule has 0 aromatic rings. The molecule has 2 nitrogen and oxygen atoms in total. The molecule has 0 aliphatic rings. The van der Waals surface area contributed by atoms with Gasteiger partial charge in [0.2, 0.25) is 3.79 Å². The molecule has 0 aliphatic heterocycles. The van der Waals surface area contributed by atoms with E-state index >= 15 is 0 Å². The monoisotopic (exact) mass is 260 g/mol. The average molecular weight is 262 g/mol. The zero-order valence-electron chi connectivity index (χ0n) is 8.52. The first kappa shape index (κ1) is 14.3. The highest BCUT2D eigenvalue weighted by molar-refractivity contribution is 6.68.